The summed E-state index contributed by atoms with van der Waals surface area (Å²) in [7, 11) is 1.44. The molecular formula is C14H18F2O2. The molecule has 1 aromatic rings. The van der Waals surface area contributed by atoms with Crippen LogP contribution in [0.5, 0.6) is 0 Å². The number of carbonyl (C=O) groups is 1. The number of rotatable bonds is 4. The zero-order valence-corrected chi connectivity index (χ0v) is 11.1. The van der Waals surface area contributed by atoms with Crippen LogP contribution in [0.4, 0.5) is 8.78 Å². The highest BCUT2D eigenvalue weighted by Crippen LogP contribution is 2.24. The third-order valence-corrected chi connectivity index (χ3v) is 2.71. The molecule has 18 heavy (non-hydrogen) atoms. The Labute approximate surface area is 106 Å². The number of methoxy groups -OCH3 is 1. The first-order valence-electron chi connectivity index (χ1n) is 5.75. The van der Waals surface area contributed by atoms with Crippen molar-refractivity contribution < 1.29 is 18.3 Å². The van der Waals surface area contributed by atoms with E-state index in [9.17, 15) is 13.6 Å². The van der Waals surface area contributed by atoms with E-state index < -0.39 is 17.7 Å². The predicted octanol–water partition coefficient (Wildman–Crippen LogP) is 3.14. The van der Waals surface area contributed by atoms with E-state index in [-0.39, 0.29) is 23.2 Å². The summed E-state index contributed by atoms with van der Waals surface area (Å²) in [5.74, 6) is -2.16. The second-order valence-electron chi connectivity index (χ2n) is 5.34. The Morgan fingerprint density at radius 1 is 1.33 bits per heavy atom. The molecule has 0 heterocycles. The first kappa shape index (κ1) is 14.8. The van der Waals surface area contributed by atoms with Crippen molar-refractivity contribution in [2.75, 3.05) is 7.11 Å². The quantitative estimate of drug-likeness (QED) is 0.827. The molecular weight excluding hydrogens is 238 g/mol. The van der Waals surface area contributed by atoms with E-state index in [1.54, 1.807) is 0 Å². The van der Waals surface area contributed by atoms with Gasteiger partial charge < -0.3 is 4.74 Å². The zero-order chi connectivity index (χ0) is 13.9. The third kappa shape index (κ3) is 3.35. The zero-order valence-electron chi connectivity index (χ0n) is 11.1. The number of ketones is 1. The fourth-order valence-electron chi connectivity index (χ4n) is 1.93. The normalized spacial score (nSPS) is 13.4. The molecule has 0 bridgehead atoms. The first-order valence-corrected chi connectivity index (χ1v) is 5.75. The number of hydrogen-bond donors (Lipinski definition) is 0. The highest BCUT2D eigenvalue weighted by Gasteiger charge is 2.31. The van der Waals surface area contributed by atoms with Crippen LogP contribution in [0.2, 0.25) is 0 Å². The van der Waals surface area contributed by atoms with Gasteiger partial charge in [0.2, 0.25) is 0 Å². The minimum atomic E-state index is -0.963. The van der Waals surface area contributed by atoms with Crippen LogP contribution in [-0.4, -0.2) is 19.0 Å². The molecule has 0 saturated carbocycles. The van der Waals surface area contributed by atoms with Crippen LogP contribution in [-0.2, 0) is 16.0 Å². The molecule has 1 aromatic carbocycles. The molecule has 1 unspecified atom stereocenters. The Kier molecular flexibility index (Phi) is 4.57. The summed E-state index contributed by atoms with van der Waals surface area (Å²) < 4.78 is 31.6. The lowest BCUT2D eigenvalue weighted by Crippen LogP contribution is -2.37. The maximum Gasteiger partial charge on any atom is 0.166 e. The standard InChI is InChI=1S/C14H18F2O2/c1-14(2,3)13(18-4)11(17)8-9-6-5-7-10(15)12(9)16/h5-7,13H,8H2,1-4H3. The van der Waals surface area contributed by atoms with Gasteiger partial charge in [-0.1, -0.05) is 32.9 Å². The van der Waals surface area contributed by atoms with Gasteiger partial charge in [0.1, 0.15) is 6.10 Å². The van der Waals surface area contributed by atoms with Crippen molar-refractivity contribution in [1.82, 2.24) is 0 Å². The van der Waals surface area contributed by atoms with Crippen molar-refractivity contribution >= 4 is 5.78 Å². The van der Waals surface area contributed by atoms with Crippen LogP contribution in [0.25, 0.3) is 0 Å². The van der Waals surface area contributed by atoms with Crippen LogP contribution in [0.1, 0.15) is 26.3 Å². The number of hydrogen-bond acceptors (Lipinski definition) is 2. The largest absolute Gasteiger partial charge is 0.373 e. The average molecular weight is 256 g/mol. The maximum absolute atomic E-state index is 13.5. The van der Waals surface area contributed by atoms with E-state index in [1.807, 2.05) is 20.8 Å². The van der Waals surface area contributed by atoms with E-state index in [2.05, 4.69) is 0 Å². The lowest BCUT2D eigenvalue weighted by atomic mass is 9.84. The number of ether oxygens (including phenoxy) is 1. The van der Waals surface area contributed by atoms with Crippen LogP contribution in [0.3, 0.4) is 0 Å². The van der Waals surface area contributed by atoms with Gasteiger partial charge in [-0.25, -0.2) is 8.78 Å². The summed E-state index contributed by atoms with van der Waals surface area (Å²) in [4.78, 5) is 12.0. The summed E-state index contributed by atoms with van der Waals surface area (Å²) in [5.41, 5.74) is -0.318. The molecule has 0 saturated heterocycles. The topological polar surface area (TPSA) is 26.3 Å². The van der Waals surface area contributed by atoms with Gasteiger partial charge in [-0.3, -0.25) is 4.79 Å². The molecule has 0 N–H and O–H groups in total. The van der Waals surface area contributed by atoms with Gasteiger partial charge in [0, 0.05) is 13.5 Å². The summed E-state index contributed by atoms with van der Waals surface area (Å²) >= 11 is 0. The first-order chi connectivity index (χ1) is 8.27. The van der Waals surface area contributed by atoms with Crippen molar-refractivity contribution in [3.63, 3.8) is 0 Å². The summed E-state index contributed by atoms with van der Waals surface area (Å²) in [6.45, 7) is 5.59. The lowest BCUT2D eigenvalue weighted by molar-refractivity contribution is -0.134. The van der Waals surface area contributed by atoms with Gasteiger partial charge in [-0.05, 0) is 17.0 Å². The van der Waals surface area contributed by atoms with Crippen molar-refractivity contribution in [2.24, 2.45) is 5.41 Å². The third-order valence-electron chi connectivity index (χ3n) is 2.71. The van der Waals surface area contributed by atoms with E-state index >= 15 is 0 Å². The van der Waals surface area contributed by atoms with Crippen LogP contribution >= 0.6 is 0 Å². The van der Waals surface area contributed by atoms with Gasteiger partial charge in [0.15, 0.2) is 17.4 Å². The van der Waals surface area contributed by atoms with Crippen LogP contribution in [0.15, 0.2) is 18.2 Å². The Bertz CT molecular complexity index is 436. The fraction of sp³-hybridized carbons (Fsp3) is 0.500. The predicted molar refractivity (Wildman–Crippen MR) is 65.3 cm³/mol. The SMILES string of the molecule is COC(C(=O)Cc1cccc(F)c1F)C(C)(C)C. The molecule has 0 aliphatic carbocycles. The number of benzene rings is 1. The van der Waals surface area contributed by atoms with Gasteiger partial charge in [0.05, 0.1) is 0 Å². The average Bonchev–Trinajstić information content (AvgIpc) is 2.23. The smallest absolute Gasteiger partial charge is 0.166 e. The summed E-state index contributed by atoms with van der Waals surface area (Å²) in [6.07, 6.45) is -0.806. The molecule has 4 heteroatoms. The lowest BCUT2D eigenvalue weighted by Gasteiger charge is -2.28. The van der Waals surface area contributed by atoms with Crippen molar-refractivity contribution in [2.45, 2.75) is 33.3 Å². The van der Waals surface area contributed by atoms with Crippen molar-refractivity contribution in [3.8, 4) is 0 Å². The number of Topliss-reactive ketones (excluding diaryl/α,β-unsaturated/α-hetero) is 1. The minimum Gasteiger partial charge on any atom is -0.373 e. The number of carbonyl (C=O) groups excluding carboxylic acids is 1. The van der Waals surface area contributed by atoms with E-state index in [4.69, 9.17) is 4.74 Å². The molecule has 100 valence electrons. The molecule has 0 amide bonds. The van der Waals surface area contributed by atoms with Crippen molar-refractivity contribution in [1.29, 1.82) is 0 Å². The van der Waals surface area contributed by atoms with Gasteiger partial charge >= 0.3 is 0 Å². The number of halogens is 2. The summed E-state index contributed by atoms with van der Waals surface area (Å²) in [5, 5.41) is 0. The second kappa shape index (κ2) is 5.57. The summed E-state index contributed by atoms with van der Waals surface area (Å²) in [6, 6.07) is 3.83. The minimum absolute atomic E-state index is 0.0614. The van der Waals surface area contributed by atoms with Crippen molar-refractivity contribution in [3.05, 3.63) is 35.4 Å². The second-order valence-corrected chi connectivity index (χ2v) is 5.34. The Morgan fingerprint density at radius 3 is 2.44 bits per heavy atom. The Morgan fingerprint density at radius 2 is 1.94 bits per heavy atom. The van der Waals surface area contributed by atoms with Gasteiger partial charge in [-0.15, -0.1) is 0 Å². The molecule has 0 aromatic heterocycles. The highest BCUT2D eigenvalue weighted by atomic mass is 19.2. The molecule has 2 nitrogen and oxygen atoms in total. The van der Waals surface area contributed by atoms with Crippen LogP contribution in [0, 0.1) is 17.0 Å². The van der Waals surface area contributed by atoms with Gasteiger partial charge in [-0.2, -0.15) is 0 Å². The molecule has 0 aliphatic rings. The molecule has 1 rings (SSSR count). The Hall–Kier alpha value is -1.29. The van der Waals surface area contributed by atoms with E-state index in [1.165, 1.54) is 19.2 Å². The van der Waals surface area contributed by atoms with Crippen LogP contribution < -0.4 is 0 Å². The Balaban J connectivity index is 2.90. The fourth-order valence-corrected chi connectivity index (χ4v) is 1.93. The molecule has 0 radical (unpaired) electrons. The maximum atomic E-state index is 13.5. The monoisotopic (exact) mass is 256 g/mol. The highest BCUT2D eigenvalue weighted by molar-refractivity contribution is 5.86. The van der Waals surface area contributed by atoms with E-state index in [0.29, 0.717) is 0 Å². The molecule has 0 spiro atoms. The molecule has 1 atom stereocenters. The molecule has 0 fully saturated rings. The molecule has 0 aliphatic heterocycles. The van der Waals surface area contributed by atoms with Gasteiger partial charge in [0.25, 0.3) is 0 Å². The van der Waals surface area contributed by atoms with E-state index in [0.717, 1.165) is 6.07 Å².